The number of carbonyl (C=O) groups is 1. The number of fused-ring (bicyclic) bond motifs is 1. The first kappa shape index (κ1) is 31.8. The molecule has 4 aromatic rings. The van der Waals surface area contributed by atoms with Crippen molar-refractivity contribution in [2.24, 2.45) is 0 Å². The lowest BCUT2D eigenvalue weighted by atomic mass is 10.1. The lowest BCUT2D eigenvalue weighted by molar-refractivity contribution is -0.148. The molecule has 0 amide bonds. The van der Waals surface area contributed by atoms with E-state index >= 15 is 0 Å². The van der Waals surface area contributed by atoms with Crippen LogP contribution in [-0.2, 0) is 13.9 Å². The van der Waals surface area contributed by atoms with Crippen molar-refractivity contribution in [3.8, 4) is 0 Å². The van der Waals surface area contributed by atoms with E-state index in [0.29, 0.717) is 4.57 Å². The van der Waals surface area contributed by atoms with Crippen LogP contribution >= 0.6 is 0 Å². The number of nitrogens with zero attached hydrogens (tertiary/aromatic N) is 2. The molecule has 238 valence electrons. The molecule has 9 heteroatoms. The molecule has 0 radical (unpaired) electrons. The molecule has 0 bridgehead atoms. The maximum absolute atomic E-state index is 14.0. The third-order valence-electron chi connectivity index (χ3n) is 8.92. The first-order valence-electron chi connectivity index (χ1n) is 15.6. The fourth-order valence-electron chi connectivity index (χ4n) is 6.86. The van der Waals surface area contributed by atoms with Crippen molar-refractivity contribution < 1.29 is 18.7 Å². The summed E-state index contributed by atoms with van der Waals surface area (Å²) >= 11 is 0. The Kier molecular flexibility index (Phi) is 8.23. The maximum atomic E-state index is 14.0. The van der Waals surface area contributed by atoms with Gasteiger partial charge >= 0.3 is 5.69 Å². The summed E-state index contributed by atoms with van der Waals surface area (Å²) in [5.74, 6) is -1.59. The predicted octanol–water partition coefficient (Wildman–Crippen LogP) is 4.58. The zero-order chi connectivity index (χ0) is 32.9. The zero-order valence-electron chi connectivity index (χ0n) is 27.1. The Bertz CT molecular complexity index is 1850. The van der Waals surface area contributed by atoms with Crippen molar-refractivity contribution in [2.45, 2.75) is 70.6 Å². The van der Waals surface area contributed by atoms with Crippen LogP contribution < -0.4 is 21.6 Å². The minimum absolute atomic E-state index is 0.235. The fraction of sp³-hybridized carbons (Fsp3) is 0.324. The number of carbonyl (C=O) groups excluding carboxylic acids is 1. The number of ether oxygens (including phenoxy) is 2. The van der Waals surface area contributed by atoms with Gasteiger partial charge in [0.15, 0.2) is 5.79 Å². The van der Waals surface area contributed by atoms with Crippen LogP contribution in [0.1, 0.15) is 56.6 Å². The van der Waals surface area contributed by atoms with Crippen LogP contribution in [0.25, 0.3) is 0 Å². The quantitative estimate of drug-likeness (QED) is 0.218. The molecule has 8 nitrogen and oxygen atoms in total. The van der Waals surface area contributed by atoms with Gasteiger partial charge in [0, 0.05) is 17.3 Å². The molecule has 0 spiro atoms. The molecule has 1 aliphatic carbocycles. The van der Waals surface area contributed by atoms with Crippen molar-refractivity contribution in [3.05, 3.63) is 141 Å². The van der Waals surface area contributed by atoms with Crippen molar-refractivity contribution in [1.29, 1.82) is 0 Å². The standard InChI is InChI=1S/C37H40N2O6Si/c1-25-23-38(35(42)39(33(25)40)34(41)26-16-10-7-11-17-26)30-22-27(31-32(30)45-37(5,6)44-31)24-43-46(36(2,3)4,28-18-12-8-13-19-28)29-20-14-9-15-21-29/h7-23,30-32H,24H2,1-6H3/t30-,31-,32+/m1/s1. The van der Waals surface area contributed by atoms with Gasteiger partial charge in [0.05, 0.1) is 12.6 Å². The molecule has 1 aliphatic heterocycles. The Morgan fingerprint density at radius 1 is 0.870 bits per heavy atom. The number of rotatable bonds is 7. The summed E-state index contributed by atoms with van der Waals surface area (Å²) in [6.45, 7) is 12.2. The third kappa shape index (κ3) is 5.47. The summed E-state index contributed by atoms with van der Waals surface area (Å²) in [7, 11) is -2.88. The SMILES string of the molecule is Cc1cn([C@@H]2C=C(CO[Si](c3ccccc3)(c3ccccc3)C(C)(C)C)[C@H]3OC(C)(C)O[C@H]32)c(=O)n(C(=O)c2ccccc2)c1=O. The van der Waals surface area contributed by atoms with Crippen LogP contribution in [0.15, 0.2) is 118 Å². The van der Waals surface area contributed by atoms with Crippen molar-refractivity contribution in [2.75, 3.05) is 6.61 Å². The van der Waals surface area contributed by atoms with E-state index in [1.165, 1.54) is 10.8 Å². The topological polar surface area (TPSA) is 88.8 Å². The van der Waals surface area contributed by atoms with E-state index in [1.54, 1.807) is 37.3 Å². The highest BCUT2D eigenvalue weighted by atomic mass is 28.4. The van der Waals surface area contributed by atoms with Gasteiger partial charge < -0.3 is 13.9 Å². The largest absolute Gasteiger partial charge is 0.403 e. The first-order valence-corrected chi connectivity index (χ1v) is 17.5. The van der Waals surface area contributed by atoms with E-state index in [1.807, 2.05) is 56.3 Å². The van der Waals surface area contributed by atoms with E-state index in [0.717, 1.165) is 15.9 Å². The van der Waals surface area contributed by atoms with E-state index in [4.69, 9.17) is 13.9 Å². The molecule has 6 rings (SSSR count). The van der Waals surface area contributed by atoms with E-state index in [9.17, 15) is 14.4 Å². The second-order valence-corrected chi connectivity index (χ2v) is 17.8. The van der Waals surface area contributed by atoms with E-state index in [2.05, 4.69) is 45.0 Å². The van der Waals surface area contributed by atoms with E-state index < -0.39 is 49.5 Å². The van der Waals surface area contributed by atoms with Gasteiger partial charge in [0.2, 0.25) is 0 Å². The monoisotopic (exact) mass is 636 g/mol. The second-order valence-electron chi connectivity index (χ2n) is 13.5. The average Bonchev–Trinajstić information content (AvgIpc) is 3.53. The highest BCUT2D eigenvalue weighted by Gasteiger charge is 2.54. The van der Waals surface area contributed by atoms with Gasteiger partial charge in [0.1, 0.15) is 12.2 Å². The first-order chi connectivity index (χ1) is 21.8. The van der Waals surface area contributed by atoms with Crippen LogP contribution in [0.3, 0.4) is 0 Å². The van der Waals surface area contributed by atoms with Crippen LogP contribution in [-0.4, -0.2) is 48.0 Å². The lowest BCUT2D eigenvalue weighted by Crippen LogP contribution is -2.66. The Morgan fingerprint density at radius 2 is 1.41 bits per heavy atom. The molecule has 3 aromatic carbocycles. The molecular formula is C37H40N2O6Si. The molecule has 1 fully saturated rings. The molecule has 2 heterocycles. The molecule has 0 saturated carbocycles. The van der Waals surface area contributed by atoms with E-state index in [-0.39, 0.29) is 22.8 Å². The van der Waals surface area contributed by atoms with Gasteiger partial charge in [-0.15, -0.1) is 0 Å². The van der Waals surface area contributed by atoms with Crippen LogP contribution in [0.5, 0.6) is 0 Å². The lowest BCUT2D eigenvalue weighted by Gasteiger charge is -2.43. The van der Waals surface area contributed by atoms with Gasteiger partial charge in [0.25, 0.3) is 19.8 Å². The summed E-state index contributed by atoms with van der Waals surface area (Å²) in [4.78, 5) is 40.6. The Morgan fingerprint density at radius 3 is 1.96 bits per heavy atom. The average molecular weight is 637 g/mol. The fourth-order valence-corrected chi connectivity index (χ4v) is 11.4. The normalized spacial score (nSPS) is 20.7. The minimum atomic E-state index is -2.88. The summed E-state index contributed by atoms with van der Waals surface area (Å²) < 4.78 is 22.2. The maximum Gasteiger partial charge on any atom is 0.338 e. The molecule has 3 atom stereocenters. The highest BCUT2D eigenvalue weighted by Crippen LogP contribution is 2.44. The molecule has 1 saturated heterocycles. The zero-order valence-corrected chi connectivity index (χ0v) is 28.1. The molecule has 46 heavy (non-hydrogen) atoms. The molecular weight excluding hydrogens is 597 g/mol. The smallest absolute Gasteiger partial charge is 0.338 e. The Balaban J connectivity index is 1.44. The Hall–Kier alpha value is -4.15. The van der Waals surface area contributed by atoms with Crippen LogP contribution in [0.2, 0.25) is 5.04 Å². The van der Waals surface area contributed by atoms with Gasteiger partial charge in [-0.2, -0.15) is 4.57 Å². The predicted molar refractivity (Wildman–Crippen MR) is 180 cm³/mol. The summed E-state index contributed by atoms with van der Waals surface area (Å²) in [5.41, 5.74) is -0.00589. The number of hydrogen-bond donors (Lipinski definition) is 0. The summed E-state index contributed by atoms with van der Waals surface area (Å²) in [6.07, 6.45) is 2.40. The number of benzene rings is 3. The van der Waals surface area contributed by atoms with Crippen LogP contribution in [0, 0.1) is 6.92 Å². The van der Waals surface area contributed by atoms with Gasteiger partial charge in [-0.3, -0.25) is 14.2 Å². The summed E-state index contributed by atoms with van der Waals surface area (Å²) in [6, 6.07) is 28.5. The van der Waals surface area contributed by atoms with Gasteiger partial charge in [-0.1, -0.05) is 106 Å². The number of hydrogen-bond acceptors (Lipinski definition) is 6. The summed E-state index contributed by atoms with van der Waals surface area (Å²) in [5, 5.41) is 2.08. The second kappa shape index (κ2) is 11.9. The molecule has 2 aliphatic rings. The molecule has 1 aromatic heterocycles. The number of aryl methyl sites for hydroxylation is 1. The van der Waals surface area contributed by atoms with Crippen molar-refractivity contribution >= 4 is 24.6 Å². The van der Waals surface area contributed by atoms with Crippen LogP contribution in [0.4, 0.5) is 0 Å². The molecule has 0 N–H and O–H groups in total. The van der Waals surface area contributed by atoms with Gasteiger partial charge in [-0.05, 0) is 53.9 Å². The minimum Gasteiger partial charge on any atom is -0.403 e. The Labute approximate surface area is 270 Å². The van der Waals surface area contributed by atoms with Gasteiger partial charge in [-0.25, -0.2) is 4.79 Å². The van der Waals surface area contributed by atoms with Crippen molar-refractivity contribution in [1.82, 2.24) is 9.13 Å². The number of aromatic nitrogens is 2. The van der Waals surface area contributed by atoms with Crippen molar-refractivity contribution in [3.63, 3.8) is 0 Å². The molecule has 0 unspecified atom stereocenters. The third-order valence-corrected chi connectivity index (χ3v) is 13.9. The highest BCUT2D eigenvalue weighted by molar-refractivity contribution is 6.99.